The van der Waals surface area contributed by atoms with Gasteiger partial charge in [0.05, 0.1) is 12.2 Å². The van der Waals surface area contributed by atoms with Crippen molar-refractivity contribution in [3.63, 3.8) is 0 Å². The standard InChI is InChI=1S/C13H20N2O3/c1-4-13(3,17)9-15-11-10(7-6-8-14-11)12(16)18-5-2/h6-8,17H,4-5,9H2,1-3H3,(H,14,15). The number of hydrogen-bond acceptors (Lipinski definition) is 5. The summed E-state index contributed by atoms with van der Waals surface area (Å²) < 4.78 is 4.95. The summed E-state index contributed by atoms with van der Waals surface area (Å²) in [6, 6.07) is 3.32. The minimum atomic E-state index is -0.830. The lowest BCUT2D eigenvalue weighted by Crippen LogP contribution is -2.33. The molecule has 1 unspecified atom stereocenters. The van der Waals surface area contributed by atoms with Gasteiger partial charge in [-0.3, -0.25) is 0 Å². The molecule has 0 aromatic carbocycles. The summed E-state index contributed by atoms with van der Waals surface area (Å²) in [4.78, 5) is 15.8. The average molecular weight is 252 g/mol. The maximum Gasteiger partial charge on any atom is 0.341 e. The number of carbonyl (C=O) groups is 1. The highest BCUT2D eigenvalue weighted by molar-refractivity contribution is 5.94. The van der Waals surface area contributed by atoms with Gasteiger partial charge < -0.3 is 15.2 Å². The van der Waals surface area contributed by atoms with Gasteiger partial charge in [-0.05, 0) is 32.4 Å². The van der Waals surface area contributed by atoms with Crippen molar-refractivity contribution in [1.82, 2.24) is 4.98 Å². The van der Waals surface area contributed by atoms with Crippen molar-refractivity contribution >= 4 is 11.8 Å². The van der Waals surface area contributed by atoms with E-state index in [1.165, 1.54) is 0 Å². The van der Waals surface area contributed by atoms with Crippen LogP contribution in [0.5, 0.6) is 0 Å². The summed E-state index contributed by atoms with van der Waals surface area (Å²) >= 11 is 0. The number of carbonyl (C=O) groups excluding carboxylic acids is 1. The molecule has 5 nitrogen and oxygen atoms in total. The SMILES string of the molecule is CCOC(=O)c1cccnc1NCC(C)(O)CC. The van der Waals surface area contributed by atoms with Crippen LogP contribution in [0.3, 0.4) is 0 Å². The number of hydrogen-bond donors (Lipinski definition) is 2. The minimum absolute atomic E-state index is 0.319. The summed E-state index contributed by atoms with van der Waals surface area (Å²) in [5.74, 6) is 0.0221. The molecule has 1 aromatic heterocycles. The lowest BCUT2D eigenvalue weighted by atomic mass is 10.0. The molecule has 0 saturated heterocycles. The lowest BCUT2D eigenvalue weighted by molar-refractivity contribution is 0.0524. The van der Waals surface area contributed by atoms with E-state index >= 15 is 0 Å². The van der Waals surface area contributed by atoms with Crippen LogP contribution >= 0.6 is 0 Å². The highest BCUT2D eigenvalue weighted by atomic mass is 16.5. The van der Waals surface area contributed by atoms with Crippen LogP contribution in [0.4, 0.5) is 5.82 Å². The molecule has 5 heteroatoms. The van der Waals surface area contributed by atoms with Gasteiger partial charge in [0, 0.05) is 12.7 Å². The first kappa shape index (κ1) is 14.4. The number of anilines is 1. The summed E-state index contributed by atoms with van der Waals surface area (Å²) in [6.45, 7) is 6.02. The molecule has 100 valence electrons. The van der Waals surface area contributed by atoms with E-state index in [0.717, 1.165) is 0 Å². The number of aromatic nitrogens is 1. The molecule has 0 amide bonds. The number of aliphatic hydroxyl groups is 1. The molecule has 0 fully saturated rings. The third-order valence-corrected chi connectivity index (χ3v) is 2.70. The molecule has 1 rings (SSSR count). The van der Waals surface area contributed by atoms with E-state index in [1.54, 1.807) is 32.2 Å². The zero-order valence-electron chi connectivity index (χ0n) is 11.1. The first-order chi connectivity index (χ1) is 8.50. The maximum absolute atomic E-state index is 11.7. The second-order valence-corrected chi connectivity index (χ2v) is 4.32. The van der Waals surface area contributed by atoms with Gasteiger partial charge in [-0.1, -0.05) is 6.92 Å². The Kier molecular flexibility index (Phi) is 5.09. The van der Waals surface area contributed by atoms with Crippen LogP contribution in [0, 0.1) is 0 Å². The average Bonchev–Trinajstić information content (AvgIpc) is 2.37. The summed E-state index contributed by atoms with van der Waals surface area (Å²) in [7, 11) is 0. The number of ether oxygens (including phenoxy) is 1. The Morgan fingerprint density at radius 2 is 2.28 bits per heavy atom. The van der Waals surface area contributed by atoms with Gasteiger partial charge in [0.15, 0.2) is 0 Å². The van der Waals surface area contributed by atoms with E-state index in [0.29, 0.717) is 31.0 Å². The molecular formula is C13H20N2O3. The van der Waals surface area contributed by atoms with E-state index in [4.69, 9.17) is 4.74 Å². The summed E-state index contributed by atoms with van der Waals surface area (Å²) in [6.07, 6.45) is 2.20. The van der Waals surface area contributed by atoms with Crippen LogP contribution in [0.15, 0.2) is 18.3 Å². The van der Waals surface area contributed by atoms with E-state index in [2.05, 4.69) is 10.3 Å². The predicted molar refractivity (Wildman–Crippen MR) is 69.6 cm³/mol. The normalized spacial score (nSPS) is 13.8. The van der Waals surface area contributed by atoms with Crippen LogP contribution in [0.1, 0.15) is 37.6 Å². The second kappa shape index (κ2) is 6.35. The van der Waals surface area contributed by atoms with E-state index in [1.807, 2.05) is 6.92 Å². The Morgan fingerprint density at radius 3 is 2.89 bits per heavy atom. The number of esters is 1. The quantitative estimate of drug-likeness (QED) is 0.756. The van der Waals surface area contributed by atoms with Crippen molar-refractivity contribution < 1.29 is 14.6 Å². The third kappa shape index (κ3) is 4.00. The first-order valence-corrected chi connectivity index (χ1v) is 6.08. The van der Waals surface area contributed by atoms with E-state index < -0.39 is 11.6 Å². The van der Waals surface area contributed by atoms with Crippen LogP contribution < -0.4 is 5.32 Å². The van der Waals surface area contributed by atoms with Crippen LogP contribution in [-0.4, -0.2) is 34.8 Å². The first-order valence-electron chi connectivity index (χ1n) is 6.08. The topological polar surface area (TPSA) is 71.5 Å². The molecule has 18 heavy (non-hydrogen) atoms. The zero-order valence-corrected chi connectivity index (χ0v) is 11.1. The predicted octanol–water partition coefficient (Wildman–Crippen LogP) is 1.83. The molecule has 0 aliphatic rings. The van der Waals surface area contributed by atoms with Gasteiger partial charge in [0.2, 0.25) is 0 Å². The van der Waals surface area contributed by atoms with Gasteiger partial charge in [-0.2, -0.15) is 0 Å². The van der Waals surface area contributed by atoms with Gasteiger partial charge in [-0.15, -0.1) is 0 Å². The minimum Gasteiger partial charge on any atom is -0.462 e. The molecule has 0 aliphatic heterocycles. The molecule has 0 radical (unpaired) electrons. The Bertz CT molecular complexity index is 405. The molecule has 0 aliphatic carbocycles. The molecule has 0 spiro atoms. The maximum atomic E-state index is 11.7. The largest absolute Gasteiger partial charge is 0.462 e. The molecular weight excluding hydrogens is 232 g/mol. The highest BCUT2D eigenvalue weighted by Gasteiger charge is 2.19. The zero-order chi connectivity index (χ0) is 13.6. The molecule has 0 bridgehead atoms. The van der Waals surface area contributed by atoms with E-state index in [-0.39, 0.29) is 0 Å². The van der Waals surface area contributed by atoms with Gasteiger partial charge in [0.1, 0.15) is 11.4 Å². The monoisotopic (exact) mass is 252 g/mol. The summed E-state index contributed by atoms with van der Waals surface area (Å²) in [5.41, 5.74) is -0.449. The van der Waals surface area contributed by atoms with Crippen molar-refractivity contribution in [2.24, 2.45) is 0 Å². The summed E-state index contributed by atoms with van der Waals surface area (Å²) in [5, 5.41) is 12.9. The fraction of sp³-hybridized carbons (Fsp3) is 0.538. The Balaban J connectivity index is 2.79. The van der Waals surface area contributed by atoms with Gasteiger partial charge in [-0.25, -0.2) is 9.78 Å². The molecule has 2 N–H and O–H groups in total. The lowest BCUT2D eigenvalue weighted by Gasteiger charge is -2.22. The van der Waals surface area contributed by atoms with Gasteiger partial charge >= 0.3 is 5.97 Å². The Labute approximate surface area is 107 Å². The van der Waals surface area contributed by atoms with Crippen molar-refractivity contribution in [3.05, 3.63) is 23.9 Å². The molecule has 1 heterocycles. The molecule has 1 atom stereocenters. The van der Waals surface area contributed by atoms with Crippen molar-refractivity contribution in [1.29, 1.82) is 0 Å². The number of pyridine rings is 1. The van der Waals surface area contributed by atoms with Crippen LogP contribution in [0.2, 0.25) is 0 Å². The van der Waals surface area contributed by atoms with Crippen molar-refractivity contribution in [3.8, 4) is 0 Å². The van der Waals surface area contributed by atoms with Gasteiger partial charge in [0.25, 0.3) is 0 Å². The molecule has 0 saturated carbocycles. The Hall–Kier alpha value is -1.62. The number of rotatable bonds is 6. The molecule has 1 aromatic rings. The van der Waals surface area contributed by atoms with Crippen molar-refractivity contribution in [2.45, 2.75) is 32.8 Å². The number of nitrogens with one attached hydrogen (secondary N) is 1. The fourth-order valence-corrected chi connectivity index (χ4v) is 1.32. The fourth-order valence-electron chi connectivity index (χ4n) is 1.32. The Morgan fingerprint density at radius 1 is 1.56 bits per heavy atom. The van der Waals surface area contributed by atoms with Crippen LogP contribution in [0.25, 0.3) is 0 Å². The van der Waals surface area contributed by atoms with Crippen molar-refractivity contribution in [2.75, 3.05) is 18.5 Å². The highest BCUT2D eigenvalue weighted by Crippen LogP contribution is 2.15. The second-order valence-electron chi connectivity index (χ2n) is 4.32. The number of nitrogens with zero attached hydrogens (tertiary/aromatic N) is 1. The van der Waals surface area contributed by atoms with E-state index in [9.17, 15) is 9.90 Å². The smallest absolute Gasteiger partial charge is 0.341 e. The third-order valence-electron chi connectivity index (χ3n) is 2.70. The van der Waals surface area contributed by atoms with Crippen LogP contribution in [-0.2, 0) is 4.74 Å².